The molecule has 0 aromatic carbocycles. The van der Waals surface area contributed by atoms with Crippen LogP contribution in [0.2, 0.25) is 0 Å². The molecular weight excluding hydrogens is 280 g/mol. The fourth-order valence-corrected chi connectivity index (χ4v) is 3.41. The highest BCUT2D eigenvalue weighted by molar-refractivity contribution is 8.27. The summed E-state index contributed by atoms with van der Waals surface area (Å²) >= 11 is 3.68. The van der Waals surface area contributed by atoms with Crippen molar-refractivity contribution in [1.82, 2.24) is 4.98 Å². The van der Waals surface area contributed by atoms with E-state index in [0.29, 0.717) is 9.37 Å². The summed E-state index contributed by atoms with van der Waals surface area (Å²) in [6.07, 6.45) is 1.54. The molecule has 1 aromatic rings. The van der Waals surface area contributed by atoms with Crippen LogP contribution < -0.4 is 5.32 Å². The summed E-state index contributed by atoms with van der Waals surface area (Å²) in [5, 5.41) is 17.1. The Morgan fingerprint density at radius 2 is 2.00 bits per heavy atom. The Balaban J connectivity index is 2.20. The third-order valence-corrected chi connectivity index (χ3v) is 4.52. The summed E-state index contributed by atoms with van der Waals surface area (Å²) in [4.78, 5) is 26.7. The molecule has 0 bridgehead atoms. The van der Waals surface area contributed by atoms with Gasteiger partial charge in [0.2, 0.25) is 0 Å². The van der Waals surface area contributed by atoms with Crippen molar-refractivity contribution in [1.29, 1.82) is 0 Å². The van der Waals surface area contributed by atoms with Gasteiger partial charge in [-0.2, -0.15) is 0 Å². The van der Waals surface area contributed by atoms with Crippen LogP contribution in [-0.4, -0.2) is 22.0 Å². The first-order valence-electron chi connectivity index (χ1n) is 4.35. The van der Waals surface area contributed by atoms with Crippen LogP contribution in [0.4, 0.5) is 5.13 Å². The summed E-state index contributed by atoms with van der Waals surface area (Å²) < 4.78 is 0.464. The van der Waals surface area contributed by atoms with Gasteiger partial charge in [-0.1, -0.05) is 23.5 Å². The fraction of sp³-hybridized carbons (Fsp3) is 0. The third-order valence-electron chi connectivity index (χ3n) is 1.70. The van der Waals surface area contributed by atoms with Gasteiger partial charge in [0.25, 0.3) is 5.91 Å². The molecule has 1 aliphatic heterocycles. The number of carbonyl (C=O) groups is 2. The second-order valence-corrected chi connectivity index (χ2v) is 5.75. The minimum absolute atomic E-state index is 0.250. The molecule has 1 amide bonds. The summed E-state index contributed by atoms with van der Waals surface area (Å²) in [5.41, 5.74) is -0.250. The molecule has 0 spiro atoms. The predicted molar refractivity (Wildman–Crippen MR) is 69.7 cm³/mol. The molecule has 0 fully saturated rings. The fourth-order valence-electron chi connectivity index (χ4n) is 1.05. The maximum atomic E-state index is 11.8. The number of aliphatic carboxylic acids is 1. The number of anilines is 1. The number of nitrogens with zero attached hydrogens (tertiary/aromatic N) is 1. The maximum absolute atomic E-state index is 11.8. The molecule has 0 unspecified atom stereocenters. The van der Waals surface area contributed by atoms with Crippen LogP contribution in [0.1, 0.15) is 0 Å². The molecule has 0 atom stereocenters. The summed E-state index contributed by atoms with van der Waals surface area (Å²) in [7, 11) is 0. The zero-order chi connectivity index (χ0) is 12.3. The average Bonchev–Trinajstić information content (AvgIpc) is 2.89. The maximum Gasteiger partial charge on any atom is 0.343 e. The van der Waals surface area contributed by atoms with Crippen molar-refractivity contribution in [3.63, 3.8) is 0 Å². The Bertz CT molecular complexity index is 498. The van der Waals surface area contributed by atoms with Crippen LogP contribution in [-0.2, 0) is 9.59 Å². The predicted octanol–water partition coefficient (Wildman–Crippen LogP) is 2.33. The van der Waals surface area contributed by atoms with E-state index in [1.807, 2.05) is 0 Å². The molecule has 88 valence electrons. The molecular formula is C9H6N2O3S3. The molecule has 8 heteroatoms. The lowest BCUT2D eigenvalue weighted by atomic mass is 10.3. The van der Waals surface area contributed by atoms with Crippen LogP contribution in [0, 0.1) is 0 Å². The number of thiazole rings is 1. The van der Waals surface area contributed by atoms with E-state index in [1.54, 1.807) is 16.2 Å². The minimum Gasteiger partial charge on any atom is -0.477 e. The molecule has 1 aliphatic rings. The molecule has 0 saturated carbocycles. The van der Waals surface area contributed by atoms with Gasteiger partial charge in [-0.05, 0) is 10.8 Å². The van der Waals surface area contributed by atoms with Gasteiger partial charge in [0.1, 0.15) is 5.57 Å². The highest BCUT2D eigenvalue weighted by Crippen LogP contribution is 2.40. The molecule has 17 heavy (non-hydrogen) atoms. The summed E-state index contributed by atoms with van der Waals surface area (Å²) in [5.74, 6) is -1.89. The number of hydrogen-bond donors (Lipinski definition) is 2. The number of thioether (sulfide) groups is 2. The summed E-state index contributed by atoms with van der Waals surface area (Å²) in [6, 6.07) is 0. The normalized spacial score (nSPS) is 13.8. The number of aromatic nitrogens is 1. The molecule has 1 aromatic heterocycles. The standard InChI is InChI=1S/C9H6N2O3S3/c12-6(11-9-10-1-2-17-9)5(7(13)14)8-15-3-4-16-8/h1-4H,(H,13,14)(H,10,11,12). The van der Waals surface area contributed by atoms with Crippen molar-refractivity contribution in [3.05, 3.63) is 32.2 Å². The largest absolute Gasteiger partial charge is 0.477 e. The Morgan fingerprint density at radius 1 is 1.29 bits per heavy atom. The smallest absolute Gasteiger partial charge is 0.343 e. The first kappa shape index (κ1) is 12.2. The lowest BCUT2D eigenvalue weighted by molar-refractivity contribution is -0.134. The number of hydrogen-bond acceptors (Lipinski definition) is 6. The van der Waals surface area contributed by atoms with E-state index in [-0.39, 0.29) is 5.57 Å². The summed E-state index contributed by atoms with van der Waals surface area (Å²) in [6.45, 7) is 0. The van der Waals surface area contributed by atoms with Crippen LogP contribution in [0.3, 0.4) is 0 Å². The number of nitrogens with one attached hydrogen (secondary N) is 1. The van der Waals surface area contributed by atoms with Crippen molar-refractivity contribution in [2.75, 3.05) is 5.32 Å². The van der Waals surface area contributed by atoms with Crippen molar-refractivity contribution >= 4 is 51.9 Å². The van der Waals surface area contributed by atoms with Crippen LogP contribution in [0.5, 0.6) is 0 Å². The van der Waals surface area contributed by atoms with Gasteiger partial charge in [-0.25, -0.2) is 9.78 Å². The van der Waals surface area contributed by atoms with Gasteiger partial charge in [0.05, 0.1) is 4.24 Å². The Labute approximate surface area is 109 Å². The molecule has 2 N–H and O–H groups in total. The lowest BCUT2D eigenvalue weighted by Gasteiger charge is -2.04. The molecule has 2 rings (SSSR count). The minimum atomic E-state index is -1.24. The number of amides is 1. The zero-order valence-electron chi connectivity index (χ0n) is 8.25. The van der Waals surface area contributed by atoms with E-state index >= 15 is 0 Å². The molecule has 2 heterocycles. The number of carboxylic acid groups (broad SMARTS) is 1. The van der Waals surface area contributed by atoms with Crippen molar-refractivity contribution in [3.8, 4) is 0 Å². The third kappa shape index (κ3) is 2.90. The average molecular weight is 286 g/mol. The number of carbonyl (C=O) groups excluding carboxylic acids is 1. The van der Waals surface area contributed by atoms with Crippen LogP contribution in [0.25, 0.3) is 0 Å². The number of carboxylic acids is 1. The monoisotopic (exact) mass is 286 g/mol. The van der Waals surface area contributed by atoms with Gasteiger partial charge < -0.3 is 5.11 Å². The molecule has 0 radical (unpaired) electrons. The topological polar surface area (TPSA) is 79.3 Å². The van der Waals surface area contributed by atoms with Gasteiger partial charge in [-0.3, -0.25) is 10.1 Å². The van der Waals surface area contributed by atoms with E-state index in [0.717, 1.165) is 0 Å². The zero-order valence-corrected chi connectivity index (χ0v) is 10.7. The van der Waals surface area contributed by atoms with Gasteiger partial charge in [0, 0.05) is 11.6 Å². The van der Waals surface area contributed by atoms with Crippen LogP contribution in [0.15, 0.2) is 32.2 Å². The Morgan fingerprint density at radius 3 is 2.53 bits per heavy atom. The van der Waals surface area contributed by atoms with E-state index < -0.39 is 11.9 Å². The SMILES string of the molecule is O=C(O)C(C(=O)Nc1nccs1)=C1SC=CS1. The van der Waals surface area contributed by atoms with Crippen molar-refractivity contribution < 1.29 is 14.7 Å². The Hall–Kier alpha value is -1.25. The van der Waals surface area contributed by atoms with Crippen molar-refractivity contribution in [2.24, 2.45) is 0 Å². The lowest BCUT2D eigenvalue weighted by Crippen LogP contribution is -2.21. The first-order valence-corrected chi connectivity index (χ1v) is 6.99. The van der Waals surface area contributed by atoms with E-state index in [4.69, 9.17) is 5.11 Å². The van der Waals surface area contributed by atoms with E-state index in [9.17, 15) is 9.59 Å². The van der Waals surface area contributed by atoms with Crippen LogP contribution >= 0.6 is 34.9 Å². The second-order valence-electron chi connectivity index (χ2n) is 2.77. The Kier molecular flexibility index (Phi) is 3.87. The molecule has 0 aliphatic carbocycles. The van der Waals surface area contributed by atoms with Gasteiger partial charge in [0.15, 0.2) is 5.13 Å². The quantitative estimate of drug-likeness (QED) is 0.504. The first-order chi connectivity index (χ1) is 8.18. The second kappa shape index (κ2) is 5.39. The molecule has 0 saturated heterocycles. The van der Waals surface area contributed by atoms with Gasteiger partial charge in [-0.15, -0.1) is 11.3 Å². The molecule has 5 nitrogen and oxygen atoms in total. The van der Waals surface area contributed by atoms with Gasteiger partial charge >= 0.3 is 5.97 Å². The highest BCUT2D eigenvalue weighted by Gasteiger charge is 2.24. The van der Waals surface area contributed by atoms with E-state index in [1.165, 1.54) is 41.1 Å². The van der Waals surface area contributed by atoms with Crippen molar-refractivity contribution in [2.45, 2.75) is 0 Å². The van der Waals surface area contributed by atoms with E-state index in [2.05, 4.69) is 10.3 Å². The number of rotatable bonds is 3. The highest BCUT2D eigenvalue weighted by atomic mass is 32.2.